The number of imide groups is 1. The monoisotopic (exact) mass is 359 g/mol. The number of amides is 2. The van der Waals surface area contributed by atoms with Crippen molar-refractivity contribution in [2.75, 3.05) is 12.4 Å². The van der Waals surface area contributed by atoms with Crippen LogP contribution in [0.4, 0.5) is 0 Å². The number of rotatable bonds is 5. The molecule has 1 aromatic rings. The van der Waals surface area contributed by atoms with Gasteiger partial charge in [0.05, 0.1) is 22.1 Å². The summed E-state index contributed by atoms with van der Waals surface area (Å²) in [6.45, 7) is 3.46. The highest BCUT2D eigenvalue weighted by Gasteiger charge is 2.40. The Kier molecular flexibility index (Phi) is 5.55. The molecule has 118 valence electrons. The largest absolute Gasteiger partial charge is 0.396 e. The van der Waals surface area contributed by atoms with Gasteiger partial charge in [-0.3, -0.25) is 14.5 Å². The van der Waals surface area contributed by atoms with Gasteiger partial charge in [-0.1, -0.05) is 29.3 Å². The molecule has 0 radical (unpaired) electrons. The lowest BCUT2D eigenvalue weighted by Gasteiger charge is -2.19. The van der Waals surface area contributed by atoms with Gasteiger partial charge in [-0.25, -0.2) is 0 Å². The van der Waals surface area contributed by atoms with E-state index in [1.54, 1.807) is 26.0 Å². The van der Waals surface area contributed by atoms with E-state index in [9.17, 15) is 9.59 Å². The zero-order valence-electron chi connectivity index (χ0n) is 12.1. The summed E-state index contributed by atoms with van der Waals surface area (Å²) in [5.41, 5.74) is 0.756. The summed E-state index contributed by atoms with van der Waals surface area (Å²) < 4.78 is 0. The first-order chi connectivity index (χ1) is 10.4. The standard InChI is InChI=1S/C15H15Cl2NO3S/c1-8(2)18-14(20)12(13(15(18)21)22-6-5-19)10-4-3-9(16)7-11(10)17/h3-4,7-8,19H,5-6H2,1-2H3. The van der Waals surface area contributed by atoms with Crippen LogP contribution in [0.2, 0.25) is 10.0 Å². The third-order valence-corrected chi connectivity index (χ3v) is 4.73. The van der Waals surface area contributed by atoms with Crippen molar-refractivity contribution in [1.82, 2.24) is 4.90 Å². The fraction of sp³-hybridized carbons (Fsp3) is 0.333. The lowest BCUT2D eigenvalue weighted by atomic mass is 10.1. The van der Waals surface area contributed by atoms with Gasteiger partial charge in [-0.2, -0.15) is 0 Å². The molecule has 2 rings (SSSR count). The molecule has 1 aliphatic heterocycles. The van der Waals surface area contributed by atoms with Crippen LogP contribution in [0.15, 0.2) is 23.1 Å². The molecule has 0 fully saturated rings. The van der Waals surface area contributed by atoms with Gasteiger partial charge in [-0.05, 0) is 26.0 Å². The Labute approximate surface area is 143 Å². The molecule has 7 heteroatoms. The summed E-state index contributed by atoms with van der Waals surface area (Å²) in [5, 5.41) is 9.78. The van der Waals surface area contributed by atoms with Crippen LogP contribution in [0.3, 0.4) is 0 Å². The molecule has 1 heterocycles. The van der Waals surface area contributed by atoms with E-state index in [0.717, 1.165) is 11.8 Å². The predicted octanol–water partition coefficient (Wildman–Crippen LogP) is 3.21. The van der Waals surface area contributed by atoms with Crippen molar-refractivity contribution in [3.63, 3.8) is 0 Å². The number of thioether (sulfide) groups is 1. The number of halogens is 2. The number of carbonyl (C=O) groups is 2. The SMILES string of the molecule is CC(C)N1C(=O)C(SCCO)=C(c2ccc(Cl)cc2Cl)C1=O. The highest BCUT2D eigenvalue weighted by atomic mass is 35.5. The Morgan fingerprint density at radius 1 is 1.23 bits per heavy atom. The maximum Gasteiger partial charge on any atom is 0.268 e. The van der Waals surface area contributed by atoms with E-state index in [-0.39, 0.29) is 30.0 Å². The molecule has 0 spiro atoms. The quantitative estimate of drug-likeness (QED) is 0.820. The average molecular weight is 360 g/mol. The summed E-state index contributed by atoms with van der Waals surface area (Å²) >= 11 is 13.2. The van der Waals surface area contributed by atoms with E-state index >= 15 is 0 Å². The molecule has 0 aliphatic carbocycles. The number of hydrogen-bond donors (Lipinski definition) is 1. The number of hydrogen-bond acceptors (Lipinski definition) is 4. The number of nitrogens with zero attached hydrogens (tertiary/aromatic N) is 1. The summed E-state index contributed by atoms with van der Waals surface area (Å²) in [5.74, 6) is -0.390. The number of aliphatic hydroxyl groups excluding tert-OH is 1. The summed E-state index contributed by atoms with van der Waals surface area (Å²) in [6, 6.07) is 4.54. The van der Waals surface area contributed by atoms with Crippen molar-refractivity contribution in [3.05, 3.63) is 38.7 Å². The van der Waals surface area contributed by atoms with Crippen LogP contribution in [0, 0.1) is 0 Å². The molecule has 0 saturated heterocycles. The van der Waals surface area contributed by atoms with Crippen LogP contribution in [-0.2, 0) is 9.59 Å². The minimum atomic E-state index is -0.371. The van der Waals surface area contributed by atoms with E-state index in [0.29, 0.717) is 26.3 Å². The molecule has 2 amide bonds. The maximum atomic E-state index is 12.6. The first-order valence-electron chi connectivity index (χ1n) is 6.69. The number of benzene rings is 1. The Morgan fingerprint density at radius 2 is 1.91 bits per heavy atom. The van der Waals surface area contributed by atoms with Crippen LogP contribution < -0.4 is 0 Å². The lowest BCUT2D eigenvalue weighted by Crippen LogP contribution is -2.37. The fourth-order valence-electron chi connectivity index (χ4n) is 2.21. The topological polar surface area (TPSA) is 57.6 Å². The van der Waals surface area contributed by atoms with Gasteiger partial charge in [0.25, 0.3) is 11.8 Å². The van der Waals surface area contributed by atoms with E-state index in [4.69, 9.17) is 28.3 Å². The molecule has 1 aliphatic rings. The molecule has 1 aromatic carbocycles. The third kappa shape index (κ3) is 3.18. The number of carbonyl (C=O) groups excluding carboxylic acids is 2. The van der Waals surface area contributed by atoms with Crippen molar-refractivity contribution in [3.8, 4) is 0 Å². The van der Waals surface area contributed by atoms with Crippen molar-refractivity contribution in [1.29, 1.82) is 0 Å². The molecular formula is C15H15Cl2NO3S. The van der Waals surface area contributed by atoms with E-state index in [2.05, 4.69) is 0 Å². The highest BCUT2D eigenvalue weighted by molar-refractivity contribution is 8.04. The Morgan fingerprint density at radius 3 is 2.45 bits per heavy atom. The zero-order valence-corrected chi connectivity index (χ0v) is 14.4. The van der Waals surface area contributed by atoms with Crippen molar-refractivity contribution in [2.24, 2.45) is 0 Å². The van der Waals surface area contributed by atoms with Crippen LogP contribution >= 0.6 is 35.0 Å². The van der Waals surface area contributed by atoms with Gasteiger partial charge in [0.2, 0.25) is 0 Å². The average Bonchev–Trinajstić information content (AvgIpc) is 2.68. The smallest absolute Gasteiger partial charge is 0.268 e. The molecular weight excluding hydrogens is 345 g/mol. The van der Waals surface area contributed by atoms with Crippen LogP contribution in [0.1, 0.15) is 19.4 Å². The Balaban J connectivity index is 2.57. The minimum absolute atomic E-state index is 0.0844. The summed E-state index contributed by atoms with van der Waals surface area (Å²) in [4.78, 5) is 26.7. The van der Waals surface area contributed by atoms with Gasteiger partial charge < -0.3 is 5.11 Å². The van der Waals surface area contributed by atoms with Gasteiger partial charge in [0, 0.05) is 22.4 Å². The highest BCUT2D eigenvalue weighted by Crippen LogP contribution is 2.39. The molecule has 0 bridgehead atoms. The molecule has 4 nitrogen and oxygen atoms in total. The number of aliphatic hydroxyl groups is 1. The Hall–Kier alpha value is -1.01. The van der Waals surface area contributed by atoms with E-state index < -0.39 is 0 Å². The predicted molar refractivity (Wildman–Crippen MR) is 89.9 cm³/mol. The first kappa shape index (κ1) is 17.3. The summed E-state index contributed by atoms with van der Waals surface area (Å²) in [6.07, 6.45) is 0. The molecule has 1 N–H and O–H groups in total. The molecule has 0 saturated carbocycles. The third-order valence-electron chi connectivity index (χ3n) is 3.13. The maximum absolute atomic E-state index is 12.6. The van der Waals surface area contributed by atoms with Gasteiger partial charge in [-0.15, -0.1) is 11.8 Å². The normalized spacial score (nSPS) is 15.5. The molecule has 22 heavy (non-hydrogen) atoms. The summed E-state index contributed by atoms with van der Waals surface area (Å²) in [7, 11) is 0. The fourth-order valence-corrected chi connectivity index (χ4v) is 3.57. The lowest BCUT2D eigenvalue weighted by molar-refractivity contribution is -0.138. The van der Waals surface area contributed by atoms with Gasteiger partial charge in [0.1, 0.15) is 0 Å². The Bertz CT molecular complexity index is 658. The second kappa shape index (κ2) is 7.04. The van der Waals surface area contributed by atoms with Crippen LogP contribution in [-0.4, -0.2) is 40.2 Å². The van der Waals surface area contributed by atoms with Gasteiger partial charge >= 0.3 is 0 Å². The second-order valence-electron chi connectivity index (χ2n) is 4.97. The zero-order chi connectivity index (χ0) is 16.4. The van der Waals surface area contributed by atoms with Crippen LogP contribution in [0.25, 0.3) is 5.57 Å². The van der Waals surface area contributed by atoms with Crippen LogP contribution in [0.5, 0.6) is 0 Å². The molecule has 0 atom stereocenters. The second-order valence-corrected chi connectivity index (χ2v) is 6.92. The first-order valence-corrected chi connectivity index (χ1v) is 8.43. The van der Waals surface area contributed by atoms with E-state index in [1.165, 1.54) is 11.0 Å². The van der Waals surface area contributed by atoms with E-state index in [1.807, 2.05) is 0 Å². The minimum Gasteiger partial charge on any atom is -0.396 e. The van der Waals surface area contributed by atoms with Crippen molar-refractivity contribution >= 4 is 52.4 Å². The van der Waals surface area contributed by atoms with Crippen molar-refractivity contribution < 1.29 is 14.7 Å². The molecule has 0 unspecified atom stereocenters. The van der Waals surface area contributed by atoms with Gasteiger partial charge in [0.15, 0.2) is 0 Å². The van der Waals surface area contributed by atoms with Crippen molar-refractivity contribution in [2.45, 2.75) is 19.9 Å². The molecule has 0 aromatic heterocycles.